The lowest BCUT2D eigenvalue weighted by molar-refractivity contribution is 0.0218. The Balaban J connectivity index is 1.72. The van der Waals surface area contributed by atoms with Crippen LogP contribution in [0.4, 0.5) is 0 Å². The minimum Gasteiger partial charge on any atom is -0.347 e. The van der Waals surface area contributed by atoms with Crippen LogP contribution in [0.3, 0.4) is 0 Å². The maximum absolute atomic E-state index is 12.3. The van der Waals surface area contributed by atoms with Crippen LogP contribution in [0.1, 0.15) is 29.4 Å². The molecule has 104 valence electrons. The minimum atomic E-state index is 0.00296. The predicted octanol–water partition coefficient (Wildman–Crippen LogP) is 3.38. The molecule has 0 aliphatic carbocycles. The van der Waals surface area contributed by atoms with Gasteiger partial charge in [0.05, 0.1) is 4.88 Å². The summed E-state index contributed by atoms with van der Waals surface area (Å²) in [5.41, 5.74) is 0. The van der Waals surface area contributed by atoms with Gasteiger partial charge in [-0.3, -0.25) is 9.69 Å². The molecule has 4 rings (SSSR count). The van der Waals surface area contributed by atoms with Crippen LogP contribution >= 0.6 is 38.9 Å². The van der Waals surface area contributed by atoms with Crippen molar-refractivity contribution in [3.05, 3.63) is 19.8 Å². The number of piperidine rings is 3. The summed E-state index contributed by atoms with van der Waals surface area (Å²) >= 11 is 10.7. The van der Waals surface area contributed by atoms with Crippen molar-refractivity contribution >= 4 is 44.8 Å². The molecule has 2 bridgehead atoms. The standard InChI is InChI=1S/C13H16BrClN2OS/c1-7-11(8-2-4-17(7)5-3-8)16-13(18)10-6-9(14)12(15)19-10/h6-8,11H,2-5H2,1H3,(H,16,18)/t7-,11-/m0/s1. The molecule has 3 aliphatic heterocycles. The highest BCUT2D eigenvalue weighted by atomic mass is 79.9. The van der Waals surface area contributed by atoms with Crippen molar-refractivity contribution in [1.82, 2.24) is 10.2 Å². The van der Waals surface area contributed by atoms with Gasteiger partial charge >= 0.3 is 0 Å². The second-order valence-corrected chi connectivity index (χ2v) is 7.85. The molecular formula is C13H16BrClN2OS. The zero-order chi connectivity index (χ0) is 13.6. The van der Waals surface area contributed by atoms with Gasteiger partial charge in [0.25, 0.3) is 5.91 Å². The van der Waals surface area contributed by atoms with Crippen molar-refractivity contribution < 1.29 is 4.79 Å². The molecule has 3 saturated heterocycles. The second-order valence-electron chi connectivity index (χ2n) is 5.35. The molecule has 6 heteroatoms. The largest absolute Gasteiger partial charge is 0.347 e. The number of halogens is 2. The molecule has 0 aromatic carbocycles. The van der Waals surface area contributed by atoms with E-state index in [0.717, 1.165) is 4.47 Å². The maximum atomic E-state index is 12.3. The van der Waals surface area contributed by atoms with Crippen LogP contribution in [-0.2, 0) is 0 Å². The first-order valence-corrected chi connectivity index (χ1v) is 8.54. The fourth-order valence-electron chi connectivity index (χ4n) is 3.23. The van der Waals surface area contributed by atoms with E-state index >= 15 is 0 Å². The normalized spacial score (nSPS) is 33.4. The summed E-state index contributed by atoms with van der Waals surface area (Å²) in [7, 11) is 0. The van der Waals surface area contributed by atoms with Gasteiger partial charge in [0.2, 0.25) is 0 Å². The number of nitrogens with one attached hydrogen (secondary N) is 1. The molecule has 1 aromatic rings. The van der Waals surface area contributed by atoms with E-state index in [1.165, 1.54) is 37.3 Å². The van der Waals surface area contributed by atoms with Crippen LogP contribution < -0.4 is 5.32 Å². The number of carbonyl (C=O) groups is 1. The van der Waals surface area contributed by atoms with E-state index in [1.807, 2.05) is 0 Å². The number of nitrogens with zero attached hydrogens (tertiary/aromatic N) is 1. The lowest BCUT2D eigenvalue weighted by atomic mass is 9.79. The van der Waals surface area contributed by atoms with Gasteiger partial charge in [0.1, 0.15) is 4.34 Å². The molecule has 3 nitrogen and oxygen atoms in total. The number of amides is 1. The summed E-state index contributed by atoms with van der Waals surface area (Å²) in [6, 6.07) is 2.51. The number of thiophene rings is 1. The molecule has 1 N–H and O–H groups in total. The molecule has 3 fully saturated rings. The number of rotatable bonds is 2. The van der Waals surface area contributed by atoms with E-state index in [2.05, 4.69) is 33.1 Å². The Bertz CT molecular complexity index is 477. The summed E-state index contributed by atoms with van der Waals surface area (Å²) in [6.07, 6.45) is 2.40. The van der Waals surface area contributed by atoms with Crippen LogP contribution in [0.2, 0.25) is 4.34 Å². The fraction of sp³-hybridized carbons (Fsp3) is 0.615. The summed E-state index contributed by atoms with van der Waals surface area (Å²) in [5, 5.41) is 3.21. The lowest BCUT2D eigenvalue weighted by Crippen LogP contribution is -2.62. The monoisotopic (exact) mass is 362 g/mol. The molecule has 2 atom stereocenters. The van der Waals surface area contributed by atoms with Gasteiger partial charge in [-0.1, -0.05) is 11.6 Å². The molecule has 3 aliphatic rings. The van der Waals surface area contributed by atoms with E-state index < -0.39 is 0 Å². The third-order valence-corrected chi connectivity index (χ3v) is 6.82. The van der Waals surface area contributed by atoms with Gasteiger partial charge in [-0.05, 0) is 60.8 Å². The van der Waals surface area contributed by atoms with Gasteiger partial charge in [-0.2, -0.15) is 0 Å². The SMILES string of the molecule is C[C@H]1[C@H](NC(=O)c2cc(Br)c(Cl)s2)C2CCN1CC2. The number of fused-ring (bicyclic) bond motifs is 3. The van der Waals surface area contributed by atoms with Crippen molar-refractivity contribution in [2.75, 3.05) is 13.1 Å². The number of hydrogen-bond donors (Lipinski definition) is 1. The Kier molecular flexibility index (Phi) is 3.91. The predicted molar refractivity (Wildman–Crippen MR) is 82.0 cm³/mol. The van der Waals surface area contributed by atoms with Gasteiger partial charge < -0.3 is 5.32 Å². The third-order valence-electron chi connectivity index (χ3n) is 4.34. The van der Waals surface area contributed by atoms with Crippen LogP contribution in [0, 0.1) is 5.92 Å². The second kappa shape index (κ2) is 5.35. The summed E-state index contributed by atoms with van der Waals surface area (Å²) in [5.74, 6) is 0.631. The first-order valence-electron chi connectivity index (χ1n) is 6.56. The van der Waals surface area contributed by atoms with E-state index in [0.29, 0.717) is 21.2 Å². The van der Waals surface area contributed by atoms with Gasteiger partial charge in [0, 0.05) is 16.6 Å². The Morgan fingerprint density at radius 3 is 2.74 bits per heavy atom. The zero-order valence-corrected chi connectivity index (χ0v) is 13.8. The smallest absolute Gasteiger partial charge is 0.261 e. The average Bonchev–Trinajstić information content (AvgIpc) is 2.74. The van der Waals surface area contributed by atoms with Gasteiger partial charge in [0.15, 0.2) is 0 Å². The van der Waals surface area contributed by atoms with E-state index in [9.17, 15) is 4.79 Å². The Morgan fingerprint density at radius 1 is 1.53 bits per heavy atom. The van der Waals surface area contributed by atoms with Crippen molar-refractivity contribution in [3.63, 3.8) is 0 Å². The van der Waals surface area contributed by atoms with E-state index in [1.54, 1.807) is 6.07 Å². The molecule has 1 amide bonds. The third kappa shape index (κ3) is 2.58. The molecule has 1 aromatic heterocycles. The molecule has 0 spiro atoms. The maximum Gasteiger partial charge on any atom is 0.261 e. The van der Waals surface area contributed by atoms with Gasteiger partial charge in [-0.15, -0.1) is 11.3 Å². The van der Waals surface area contributed by atoms with Crippen molar-refractivity contribution in [1.29, 1.82) is 0 Å². The Hall–Kier alpha value is -0.100. The van der Waals surface area contributed by atoms with Crippen LogP contribution in [-0.4, -0.2) is 36.0 Å². The highest BCUT2D eigenvalue weighted by Crippen LogP contribution is 2.34. The molecular weight excluding hydrogens is 348 g/mol. The van der Waals surface area contributed by atoms with Crippen molar-refractivity contribution in [2.45, 2.75) is 31.8 Å². The van der Waals surface area contributed by atoms with E-state index in [4.69, 9.17) is 11.6 Å². The summed E-state index contributed by atoms with van der Waals surface area (Å²) < 4.78 is 1.43. The number of carbonyl (C=O) groups excluding carboxylic acids is 1. The Labute approximate surface area is 130 Å². The van der Waals surface area contributed by atoms with E-state index in [-0.39, 0.29) is 11.9 Å². The number of hydrogen-bond acceptors (Lipinski definition) is 3. The van der Waals surface area contributed by atoms with Crippen LogP contribution in [0.25, 0.3) is 0 Å². The minimum absolute atomic E-state index is 0.00296. The highest BCUT2D eigenvalue weighted by molar-refractivity contribution is 9.10. The average molecular weight is 364 g/mol. The highest BCUT2D eigenvalue weighted by Gasteiger charge is 2.40. The zero-order valence-electron chi connectivity index (χ0n) is 10.7. The van der Waals surface area contributed by atoms with Crippen LogP contribution in [0.15, 0.2) is 10.5 Å². The molecule has 0 radical (unpaired) electrons. The molecule has 19 heavy (non-hydrogen) atoms. The Morgan fingerprint density at radius 2 is 2.21 bits per heavy atom. The molecule has 0 saturated carbocycles. The summed E-state index contributed by atoms with van der Waals surface area (Å²) in [6.45, 7) is 4.57. The van der Waals surface area contributed by atoms with Crippen molar-refractivity contribution in [3.8, 4) is 0 Å². The quantitative estimate of drug-likeness (QED) is 0.873. The first-order chi connectivity index (χ1) is 9.06. The van der Waals surface area contributed by atoms with Gasteiger partial charge in [-0.25, -0.2) is 0 Å². The molecule has 4 heterocycles. The summed E-state index contributed by atoms with van der Waals surface area (Å²) in [4.78, 5) is 15.5. The topological polar surface area (TPSA) is 32.3 Å². The molecule has 0 unspecified atom stereocenters. The van der Waals surface area contributed by atoms with Crippen molar-refractivity contribution in [2.24, 2.45) is 5.92 Å². The fourth-order valence-corrected chi connectivity index (χ4v) is 4.83. The van der Waals surface area contributed by atoms with Crippen LogP contribution in [0.5, 0.6) is 0 Å². The lowest BCUT2D eigenvalue weighted by Gasteiger charge is -2.49. The first kappa shape index (κ1) is 13.9.